The number of benzene rings is 3. The highest BCUT2D eigenvalue weighted by Crippen LogP contribution is 2.29. The predicted octanol–water partition coefficient (Wildman–Crippen LogP) is 5.76. The molecule has 39 heavy (non-hydrogen) atoms. The number of H-pyrrole nitrogens is 1. The van der Waals surface area contributed by atoms with Crippen molar-refractivity contribution < 1.29 is 23.5 Å². The number of hydrogen-bond acceptors (Lipinski definition) is 6. The van der Waals surface area contributed by atoms with Crippen molar-refractivity contribution in [2.75, 3.05) is 13.2 Å². The summed E-state index contributed by atoms with van der Waals surface area (Å²) >= 11 is 0.893. The second-order valence-electron chi connectivity index (χ2n) is 8.86. The van der Waals surface area contributed by atoms with Crippen LogP contribution in [0.3, 0.4) is 0 Å². The van der Waals surface area contributed by atoms with Crippen molar-refractivity contribution >= 4 is 33.8 Å². The van der Waals surface area contributed by atoms with E-state index in [4.69, 9.17) is 9.47 Å². The molecule has 1 aliphatic rings. The molecule has 2 N–H and O–H groups in total. The first kappa shape index (κ1) is 26.2. The molecule has 0 aliphatic carbocycles. The molecule has 7 nitrogen and oxygen atoms in total. The van der Waals surface area contributed by atoms with Crippen molar-refractivity contribution in [1.82, 2.24) is 10.3 Å². The number of allylic oxidation sites excluding steroid dienone is 1. The van der Waals surface area contributed by atoms with Crippen molar-refractivity contribution in [3.8, 4) is 22.8 Å². The van der Waals surface area contributed by atoms with E-state index in [0.717, 1.165) is 29.3 Å². The van der Waals surface area contributed by atoms with E-state index in [1.807, 2.05) is 31.2 Å². The molecule has 4 aromatic rings. The quantitative estimate of drug-likeness (QED) is 0.205. The SMILES string of the molecule is CCc1ccc2c(=O)c(OCCOc3ccc(CC=C4SC(=O)NC4=O)cc3)c(-c3ccc(F)cc3)[nH]c2c1. The van der Waals surface area contributed by atoms with Crippen LogP contribution >= 0.6 is 11.8 Å². The second kappa shape index (κ2) is 11.6. The highest BCUT2D eigenvalue weighted by molar-refractivity contribution is 8.18. The van der Waals surface area contributed by atoms with E-state index in [1.165, 1.54) is 12.1 Å². The van der Waals surface area contributed by atoms with Crippen LogP contribution in [0, 0.1) is 5.82 Å². The number of fused-ring (bicyclic) bond motifs is 1. The number of imide groups is 1. The van der Waals surface area contributed by atoms with Crippen molar-refractivity contribution in [2.24, 2.45) is 0 Å². The molecule has 0 unspecified atom stereocenters. The molecule has 1 saturated heterocycles. The van der Waals surface area contributed by atoms with Gasteiger partial charge >= 0.3 is 0 Å². The zero-order chi connectivity index (χ0) is 27.4. The van der Waals surface area contributed by atoms with Crippen molar-refractivity contribution in [1.29, 1.82) is 0 Å². The van der Waals surface area contributed by atoms with Gasteiger partial charge in [0, 0.05) is 10.9 Å². The average molecular weight is 545 g/mol. The van der Waals surface area contributed by atoms with Gasteiger partial charge in [-0.15, -0.1) is 0 Å². The van der Waals surface area contributed by atoms with Gasteiger partial charge in [-0.05, 0) is 84.3 Å². The Morgan fingerprint density at radius 3 is 2.31 bits per heavy atom. The summed E-state index contributed by atoms with van der Waals surface area (Å²) in [5, 5.41) is 2.38. The molecule has 5 rings (SSSR count). The zero-order valence-corrected chi connectivity index (χ0v) is 21.9. The van der Waals surface area contributed by atoms with Crippen LogP contribution in [0.2, 0.25) is 0 Å². The van der Waals surface area contributed by atoms with E-state index < -0.39 is 0 Å². The van der Waals surface area contributed by atoms with E-state index in [9.17, 15) is 18.8 Å². The number of rotatable bonds is 9. The van der Waals surface area contributed by atoms with Gasteiger partial charge in [-0.2, -0.15) is 0 Å². The molecule has 2 amide bonds. The molecule has 0 spiro atoms. The van der Waals surface area contributed by atoms with Crippen LogP contribution in [0.15, 0.2) is 82.5 Å². The maximum absolute atomic E-state index is 13.6. The number of nitrogens with one attached hydrogen (secondary N) is 2. The first-order chi connectivity index (χ1) is 18.9. The fraction of sp³-hybridized carbons (Fsp3) is 0.167. The molecule has 1 fully saturated rings. The zero-order valence-electron chi connectivity index (χ0n) is 21.1. The van der Waals surface area contributed by atoms with Gasteiger partial charge in [0.15, 0.2) is 5.75 Å². The molecule has 0 bridgehead atoms. The van der Waals surface area contributed by atoms with Crippen molar-refractivity contribution in [3.63, 3.8) is 0 Å². The highest BCUT2D eigenvalue weighted by atomic mass is 32.2. The van der Waals surface area contributed by atoms with Crippen molar-refractivity contribution in [2.45, 2.75) is 19.8 Å². The van der Waals surface area contributed by atoms with Crippen LogP contribution in [0.4, 0.5) is 9.18 Å². The number of carbonyl (C=O) groups is 2. The van der Waals surface area contributed by atoms with Crippen LogP contribution < -0.4 is 20.2 Å². The minimum absolute atomic E-state index is 0.115. The summed E-state index contributed by atoms with van der Waals surface area (Å²) < 4.78 is 25.3. The topological polar surface area (TPSA) is 97.5 Å². The number of pyridine rings is 1. The Morgan fingerprint density at radius 1 is 0.897 bits per heavy atom. The second-order valence-corrected chi connectivity index (χ2v) is 9.87. The molecule has 198 valence electrons. The van der Waals surface area contributed by atoms with Gasteiger partial charge in [-0.1, -0.05) is 31.2 Å². The van der Waals surface area contributed by atoms with Gasteiger partial charge in [-0.25, -0.2) is 4.39 Å². The largest absolute Gasteiger partial charge is 0.490 e. The number of amides is 2. The van der Waals surface area contributed by atoms with Gasteiger partial charge < -0.3 is 14.5 Å². The van der Waals surface area contributed by atoms with E-state index in [2.05, 4.69) is 10.3 Å². The molecule has 1 aromatic heterocycles. The summed E-state index contributed by atoms with van der Waals surface area (Å²) in [5.41, 5.74) is 3.60. The smallest absolute Gasteiger partial charge is 0.290 e. The average Bonchev–Trinajstić information content (AvgIpc) is 3.27. The summed E-state index contributed by atoms with van der Waals surface area (Å²) in [5.74, 6) is 0.0318. The van der Waals surface area contributed by atoms with Crippen LogP contribution in [0.1, 0.15) is 18.1 Å². The molecule has 0 radical (unpaired) electrons. The number of carbonyl (C=O) groups excluding carboxylic acids is 2. The van der Waals surface area contributed by atoms with Gasteiger partial charge in [0.1, 0.15) is 24.8 Å². The molecule has 9 heteroatoms. The van der Waals surface area contributed by atoms with Crippen LogP contribution in [-0.4, -0.2) is 29.3 Å². The first-order valence-electron chi connectivity index (χ1n) is 12.4. The van der Waals surface area contributed by atoms with Gasteiger partial charge in [-0.3, -0.25) is 19.7 Å². The number of aromatic nitrogens is 1. The molecule has 2 heterocycles. The summed E-state index contributed by atoms with van der Waals surface area (Å²) in [6.07, 6.45) is 3.05. The third-order valence-electron chi connectivity index (χ3n) is 6.25. The van der Waals surface area contributed by atoms with Gasteiger partial charge in [0.25, 0.3) is 11.1 Å². The Kier molecular flexibility index (Phi) is 7.79. The maximum atomic E-state index is 13.6. The minimum Gasteiger partial charge on any atom is -0.490 e. The lowest BCUT2D eigenvalue weighted by Gasteiger charge is -2.14. The number of ether oxygens (including phenoxy) is 2. The van der Waals surface area contributed by atoms with Crippen molar-refractivity contribution in [3.05, 3.63) is 105 Å². The van der Waals surface area contributed by atoms with E-state index >= 15 is 0 Å². The molecule has 3 aromatic carbocycles. The lowest BCUT2D eigenvalue weighted by molar-refractivity contribution is -0.115. The first-order valence-corrected chi connectivity index (χ1v) is 13.3. The Morgan fingerprint density at radius 2 is 1.62 bits per heavy atom. The highest BCUT2D eigenvalue weighted by Gasteiger charge is 2.24. The Bertz CT molecular complexity index is 1630. The standard InChI is InChI=1S/C30H25FN2O5S/c1-2-18-5-13-23-24(17-18)32-26(20-7-9-21(31)10-8-20)28(27(23)34)38-16-15-37-22-11-3-19(4-12-22)6-14-25-29(35)33-30(36)39-25/h3-5,7-14,17H,2,6,15-16H2,1H3,(H,32,34)(H,33,35,36). The predicted molar refractivity (Wildman–Crippen MR) is 150 cm³/mol. The van der Waals surface area contributed by atoms with Gasteiger partial charge in [0.05, 0.1) is 16.1 Å². The number of thioether (sulfide) groups is 1. The molecule has 0 atom stereocenters. The summed E-state index contributed by atoms with van der Waals surface area (Å²) in [6.45, 7) is 2.35. The van der Waals surface area contributed by atoms with E-state index in [0.29, 0.717) is 39.2 Å². The Hall–Kier alpha value is -4.37. The minimum atomic E-state index is -0.372. The third-order valence-corrected chi connectivity index (χ3v) is 7.11. The fourth-order valence-corrected chi connectivity index (χ4v) is 4.85. The molecular formula is C30H25FN2O5S. The Balaban J connectivity index is 1.27. The normalized spacial score (nSPS) is 14.2. The van der Waals surface area contributed by atoms with Crippen LogP contribution in [0.25, 0.3) is 22.2 Å². The lowest BCUT2D eigenvalue weighted by Crippen LogP contribution is -2.17. The summed E-state index contributed by atoms with van der Waals surface area (Å²) in [6, 6.07) is 18.9. The summed E-state index contributed by atoms with van der Waals surface area (Å²) in [4.78, 5) is 40.0. The fourth-order valence-electron chi connectivity index (χ4n) is 4.19. The lowest BCUT2D eigenvalue weighted by atomic mass is 10.1. The third kappa shape index (κ3) is 6.04. The van der Waals surface area contributed by atoms with Crippen LogP contribution in [-0.2, 0) is 17.6 Å². The number of aryl methyl sites for hydroxylation is 1. The van der Waals surface area contributed by atoms with Crippen LogP contribution in [0.5, 0.6) is 11.5 Å². The Labute approximate surface area is 228 Å². The monoisotopic (exact) mass is 544 g/mol. The summed E-state index contributed by atoms with van der Waals surface area (Å²) in [7, 11) is 0. The van der Waals surface area contributed by atoms with Gasteiger partial charge in [0.2, 0.25) is 5.43 Å². The molecule has 1 aliphatic heterocycles. The molecule has 0 saturated carbocycles. The van der Waals surface area contributed by atoms with E-state index in [-0.39, 0.29) is 41.4 Å². The maximum Gasteiger partial charge on any atom is 0.290 e. The molecular weight excluding hydrogens is 519 g/mol. The van der Waals surface area contributed by atoms with E-state index in [1.54, 1.807) is 36.4 Å². The number of halogens is 1. The number of hydrogen-bond donors (Lipinski definition) is 2. The number of aromatic amines is 1.